The summed E-state index contributed by atoms with van der Waals surface area (Å²) in [5, 5.41) is 0. The molecule has 0 spiro atoms. The Hall–Kier alpha value is -0.590. The minimum Gasteiger partial charge on any atom is -0.299 e. The monoisotopic (exact) mass is 182 g/mol. The number of allylic oxidation sites excluding steroid dienone is 1. The first-order chi connectivity index (χ1) is 6.08. The zero-order chi connectivity index (χ0) is 10.4. The first kappa shape index (κ1) is 12.4. The number of hydrogen-bond acceptors (Lipinski definition) is 1. The molecule has 3 atom stereocenters. The zero-order valence-electron chi connectivity index (χ0n) is 9.34. The van der Waals surface area contributed by atoms with Gasteiger partial charge in [-0.15, -0.1) is 6.58 Å². The van der Waals surface area contributed by atoms with E-state index >= 15 is 0 Å². The molecule has 0 amide bonds. The Kier molecular flexibility index (Phi) is 5.68. The predicted octanol–water partition coefficient (Wildman–Crippen LogP) is 3.45. The number of Topliss-reactive ketones (excluding diaryl/α,β-unsaturated/α-hetero) is 1. The van der Waals surface area contributed by atoms with Crippen LogP contribution in [0.2, 0.25) is 0 Å². The van der Waals surface area contributed by atoms with E-state index in [4.69, 9.17) is 0 Å². The van der Waals surface area contributed by atoms with Crippen molar-refractivity contribution in [1.29, 1.82) is 0 Å². The highest BCUT2D eigenvalue weighted by atomic mass is 16.1. The highest BCUT2D eigenvalue weighted by molar-refractivity contribution is 5.84. The summed E-state index contributed by atoms with van der Waals surface area (Å²) in [6.45, 7) is 12.0. The minimum absolute atomic E-state index is 0.0555. The van der Waals surface area contributed by atoms with Crippen LogP contribution in [0.4, 0.5) is 0 Å². The first-order valence-corrected chi connectivity index (χ1v) is 5.24. The van der Waals surface area contributed by atoms with Crippen LogP contribution in [-0.4, -0.2) is 5.78 Å². The van der Waals surface area contributed by atoms with Crippen LogP contribution in [0.25, 0.3) is 0 Å². The van der Waals surface area contributed by atoms with E-state index in [2.05, 4.69) is 27.4 Å². The molecule has 0 rings (SSSR count). The molecule has 0 radical (unpaired) electrons. The maximum absolute atomic E-state index is 11.8. The van der Waals surface area contributed by atoms with Crippen molar-refractivity contribution in [3.8, 4) is 0 Å². The highest BCUT2D eigenvalue weighted by Crippen LogP contribution is 2.21. The summed E-state index contributed by atoms with van der Waals surface area (Å²) in [4.78, 5) is 11.8. The smallest absolute Gasteiger partial charge is 0.142 e. The molecule has 76 valence electrons. The fourth-order valence-corrected chi connectivity index (χ4v) is 1.41. The Morgan fingerprint density at radius 2 is 1.85 bits per heavy atom. The molecule has 0 N–H and O–H groups in total. The van der Waals surface area contributed by atoms with E-state index in [1.807, 2.05) is 13.0 Å². The normalized spacial score (nSPS) is 17.5. The van der Waals surface area contributed by atoms with Gasteiger partial charge in [-0.25, -0.2) is 0 Å². The third-order valence-electron chi connectivity index (χ3n) is 2.94. The van der Waals surface area contributed by atoms with Crippen molar-refractivity contribution < 1.29 is 4.79 Å². The molecule has 0 aliphatic heterocycles. The van der Waals surface area contributed by atoms with Gasteiger partial charge in [0, 0.05) is 11.8 Å². The Balaban J connectivity index is 4.39. The standard InChI is InChI=1S/C12H22O/c1-6-9(4)11(8-3)12(13)10(5)7-2/h8-11H,3,6-7H2,1-2,4-5H3. The third kappa shape index (κ3) is 3.33. The quantitative estimate of drug-likeness (QED) is 0.575. The molecule has 0 bridgehead atoms. The van der Waals surface area contributed by atoms with Gasteiger partial charge in [0.25, 0.3) is 0 Å². The molecule has 0 aromatic heterocycles. The molecule has 13 heavy (non-hydrogen) atoms. The second kappa shape index (κ2) is 5.95. The van der Waals surface area contributed by atoms with Gasteiger partial charge in [-0.2, -0.15) is 0 Å². The van der Waals surface area contributed by atoms with Gasteiger partial charge in [-0.3, -0.25) is 4.79 Å². The van der Waals surface area contributed by atoms with Crippen LogP contribution in [-0.2, 0) is 4.79 Å². The van der Waals surface area contributed by atoms with Crippen LogP contribution < -0.4 is 0 Å². The molecule has 0 fully saturated rings. The van der Waals surface area contributed by atoms with E-state index in [1.165, 1.54) is 0 Å². The number of carbonyl (C=O) groups excluding carboxylic acids is 1. The van der Waals surface area contributed by atoms with Crippen LogP contribution in [0.5, 0.6) is 0 Å². The van der Waals surface area contributed by atoms with Gasteiger partial charge in [-0.05, 0) is 12.3 Å². The largest absolute Gasteiger partial charge is 0.299 e. The van der Waals surface area contributed by atoms with Crippen molar-refractivity contribution in [3.05, 3.63) is 12.7 Å². The Labute approximate surface area is 82.2 Å². The minimum atomic E-state index is 0.0555. The summed E-state index contributed by atoms with van der Waals surface area (Å²) in [5.74, 6) is 1.02. The lowest BCUT2D eigenvalue weighted by Crippen LogP contribution is -2.24. The maximum atomic E-state index is 11.8. The van der Waals surface area contributed by atoms with Gasteiger partial charge >= 0.3 is 0 Å². The summed E-state index contributed by atoms with van der Waals surface area (Å²) in [6.07, 6.45) is 3.78. The topological polar surface area (TPSA) is 17.1 Å². The van der Waals surface area contributed by atoms with E-state index in [1.54, 1.807) is 0 Å². The first-order valence-electron chi connectivity index (χ1n) is 5.24. The van der Waals surface area contributed by atoms with E-state index in [9.17, 15) is 4.79 Å². The van der Waals surface area contributed by atoms with Crippen LogP contribution in [0.15, 0.2) is 12.7 Å². The Morgan fingerprint density at radius 3 is 2.15 bits per heavy atom. The number of ketones is 1. The van der Waals surface area contributed by atoms with Gasteiger partial charge in [0.1, 0.15) is 5.78 Å². The van der Waals surface area contributed by atoms with Crippen LogP contribution in [0.1, 0.15) is 40.5 Å². The summed E-state index contributed by atoms with van der Waals surface area (Å²) < 4.78 is 0. The second-order valence-corrected chi connectivity index (χ2v) is 3.86. The molecule has 3 unspecified atom stereocenters. The van der Waals surface area contributed by atoms with Crippen molar-refractivity contribution >= 4 is 5.78 Å². The molecule has 0 heterocycles. The average molecular weight is 182 g/mol. The molecule has 0 saturated heterocycles. The van der Waals surface area contributed by atoms with Crippen molar-refractivity contribution in [2.75, 3.05) is 0 Å². The summed E-state index contributed by atoms with van der Waals surface area (Å²) >= 11 is 0. The number of rotatable bonds is 6. The summed E-state index contributed by atoms with van der Waals surface area (Å²) in [5.41, 5.74) is 0. The lowest BCUT2D eigenvalue weighted by molar-refractivity contribution is -0.126. The SMILES string of the molecule is C=CC(C(=O)C(C)CC)C(C)CC. The third-order valence-corrected chi connectivity index (χ3v) is 2.94. The van der Waals surface area contributed by atoms with Gasteiger partial charge in [-0.1, -0.05) is 40.2 Å². The molecule has 0 saturated carbocycles. The molecular weight excluding hydrogens is 160 g/mol. The van der Waals surface area contributed by atoms with Crippen molar-refractivity contribution in [2.24, 2.45) is 17.8 Å². The van der Waals surface area contributed by atoms with Gasteiger partial charge in [0.2, 0.25) is 0 Å². The van der Waals surface area contributed by atoms with Crippen molar-refractivity contribution in [3.63, 3.8) is 0 Å². The molecule has 0 aromatic carbocycles. The summed E-state index contributed by atoms with van der Waals surface area (Å²) in [7, 11) is 0. The number of hydrogen-bond donors (Lipinski definition) is 0. The fourth-order valence-electron chi connectivity index (χ4n) is 1.41. The van der Waals surface area contributed by atoms with Crippen LogP contribution in [0.3, 0.4) is 0 Å². The van der Waals surface area contributed by atoms with E-state index in [0.29, 0.717) is 11.7 Å². The molecule has 1 nitrogen and oxygen atoms in total. The van der Waals surface area contributed by atoms with E-state index in [-0.39, 0.29) is 11.8 Å². The van der Waals surface area contributed by atoms with E-state index < -0.39 is 0 Å². The summed E-state index contributed by atoms with van der Waals surface area (Å²) in [6, 6.07) is 0. The predicted molar refractivity (Wildman–Crippen MR) is 57.6 cm³/mol. The second-order valence-electron chi connectivity index (χ2n) is 3.86. The Bertz CT molecular complexity index is 172. The lowest BCUT2D eigenvalue weighted by Gasteiger charge is -2.20. The average Bonchev–Trinajstić information content (AvgIpc) is 2.17. The maximum Gasteiger partial charge on any atom is 0.142 e. The van der Waals surface area contributed by atoms with Crippen molar-refractivity contribution in [1.82, 2.24) is 0 Å². The van der Waals surface area contributed by atoms with Gasteiger partial charge < -0.3 is 0 Å². The van der Waals surface area contributed by atoms with Crippen molar-refractivity contribution in [2.45, 2.75) is 40.5 Å². The van der Waals surface area contributed by atoms with Crippen LogP contribution >= 0.6 is 0 Å². The molecule has 0 aliphatic rings. The molecule has 1 heteroatoms. The highest BCUT2D eigenvalue weighted by Gasteiger charge is 2.23. The number of carbonyl (C=O) groups is 1. The van der Waals surface area contributed by atoms with Gasteiger partial charge in [0.05, 0.1) is 0 Å². The fraction of sp³-hybridized carbons (Fsp3) is 0.750. The van der Waals surface area contributed by atoms with Gasteiger partial charge in [0.15, 0.2) is 0 Å². The molecule has 0 aliphatic carbocycles. The molecular formula is C12H22O. The molecule has 0 aromatic rings. The lowest BCUT2D eigenvalue weighted by atomic mass is 9.83. The Morgan fingerprint density at radius 1 is 1.31 bits per heavy atom. The van der Waals surface area contributed by atoms with E-state index in [0.717, 1.165) is 12.8 Å². The zero-order valence-corrected chi connectivity index (χ0v) is 9.34. The van der Waals surface area contributed by atoms with Crippen LogP contribution in [0, 0.1) is 17.8 Å².